The van der Waals surface area contributed by atoms with Crippen molar-refractivity contribution in [2.75, 3.05) is 23.9 Å². The summed E-state index contributed by atoms with van der Waals surface area (Å²) < 4.78 is 0. The van der Waals surface area contributed by atoms with Gasteiger partial charge in [0.1, 0.15) is 17.5 Å². The Morgan fingerprint density at radius 2 is 1.75 bits per heavy atom. The first-order valence-electron chi connectivity index (χ1n) is 6.75. The molecule has 0 saturated carbocycles. The van der Waals surface area contributed by atoms with Gasteiger partial charge >= 0.3 is 0 Å². The molecule has 1 aromatic rings. The average Bonchev–Trinajstić information content (AvgIpc) is 2.25. The molecule has 0 atom stereocenters. The molecule has 1 rings (SSSR count). The van der Waals surface area contributed by atoms with Crippen molar-refractivity contribution in [1.29, 1.82) is 0 Å². The third-order valence-electron chi connectivity index (χ3n) is 2.91. The molecule has 0 aromatic carbocycles. The van der Waals surface area contributed by atoms with E-state index in [0.29, 0.717) is 18.2 Å². The molecule has 6 nitrogen and oxygen atoms in total. The highest BCUT2D eigenvalue weighted by Gasteiger charge is 2.24. The van der Waals surface area contributed by atoms with E-state index in [0.717, 1.165) is 11.4 Å². The lowest BCUT2D eigenvalue weighted by Crippen LogP contribution is -2.37. The van der Waals surface area contributed by atoms with Crippen molar-refractivity contribution < 1.29 is 5.11 Å². The number of nitrogen functional groups attached to an aromatic ring is 1. The second-order valence-corrected chi connectivity index (χ2v) is 6.91. The van der Waals surface area contributed by atoms with Gasteiger partial charge in [0.2, 0.25) is 0 Å². The number of nitrogens with two attached hydrogens (primary N) is 1. The second-order valence-electron chi connectivity index (χ2n) is 6.91. The van der Waals surface area contributed by atoms with Crippen LogP contribution in [0.1, 0.15) is 46.0 Å². The van der Waals surface area contributed by atoms with E-state index >= 15 is 0 Å². The molecule has 1 aromatic heterocycles. The Balaban J connectivity index is 3.31. The molecule has 4 N–H and O–H groups in total. The number of nitrogens with one attached hydrogen (secondary N) is 1. The smallest absolute Gasteiger partial charge is 0.148 e. The first kappa shape index (κ1) is 16.7. The van der Waals surface area contributed by atoms with E-state index in [1.165, 1.54) is 0 Å². The standard InChI is InChI=1S/C14H27N5O/c1-9-10(18-15)16-12(13(2,3)4)17-11(9)19(7)8-14(5,6)20/h20H,8,15H2,1-7H3,(H,16,17,18). The lowest BCUT2D eigenvalue weighted by molar-refractivity contribution is 0.0884. The summed E-state index contributed by atoms with van der Waals surface area (Å²) in [6, 6.07) is 0. The van der Waals surface area contributed by atoms with Crippen LogP contribution in [0.15, 0.2) is 0 Å². The number of nitrogens with zero attached hydrogens (tertiary/aromatic N) is 3. The highest BCUT2D eigenvalue weighted by molar-refractivity contribution is 5.58. The number of aromatic nitrogens is 2. The van der Waals surface area contributed by atoms with Crippen molar-refractivity contribution >= 4 is 11.6 Å². The zero-order chi connectivity index (χ0) is 15.7. The third-order valence-corrected chi connectivity index (χ3v) is 2.91. The van der Waals surface area contributed by atoms with E-state index < -0.39 is 5.60 Å². The zero-order valence-electron chi connectivity index (χ0n) is 13.6. The van der Waals surface area contributed by atoms with Gasteiger partial charge in [-0.3, -0.25) is 0 Å². The van der Waals surface area contributed by atoms with Gasteiger partial charge in [0.25, 0.3) is 0 Å². The van der Waals surface area contributed by atoms with Gasteiger partial charge in [-0.05, 0) is 20.8 Å². The maximum atomic E-state index is 9.97. The second kappa shape index (κ2) is 5.54. The molecule has 0 aliphatic carbocycles. The van der Waals surface area contributed by atoms with E-state index in [2.05, 4.69) is 36.2 Å². The summed E-state index contributed by atoms with van der Waals surface area (Å²) in [5.74, 6) is 7.66. The lowest BCUT2D eigenvalue weighted by Gasteiger charge is -2.29. The Kier molecular flexibility index (Phi) is 4.61. The molecule has 0 aliphatic heterocycles. The molecule has 1 heterocycles. The largest absolute Gasteiger partial charge is 0.389 e. The summed E-state index contributed by atoms with van der Waals surface area (Å²) >= 11 is 0. The molecule has 0 fully saturated rings. The molecule has 0 spiro atoms. The predicted molar refractivity (Wildman–Crippen MR) is 82.8 cm³/mol. The number of anilines is 2. The number of hydrazine groups is 1. The molecule has 0 amide bonds. The predicted octanol–water partition coefficient (Wildman–Crippen LogP) is 1.58. The molecular weight excluding hydrogens is 254 g/mol. The lowest BCUT2D eigenvalue weighted by atomic mass is 9.95. The van der Waals surface area contributed by atoms with Crippen molar-refractivity contribution in [3.8, 4) is 0 Å². The molecule has 0 unspecified atom stereocenters. The molecule has 0 radical (unpaired) electrons. The Morgan fingerprint density at radius 3 is 2.15 bits per heavy atom. The van der Waals surface area contributed by atoms with Gasteiger partial charge in [-0.2, -0.15) is 0 Å². The first-order valence-corrected chi connectivity index (χ1v) is 6.75. The Labute approximate surface area is 121 Å². The SMILES string of the molecule is Cc1c(NN)nc(C(C)(C)C)nc1N(C)CC(C)(C)O. The number of likely N-dealkylation sites (N-methyl/N-ethyl adjacent to an activating group) is 1. The maximum Gasteiger partial charge on any atom is 0.148 e. The average molecular weight is 281 g/mol. The normalized spacial score (nSPS) is 12.4. The Morgan fingerprint density at radius 1 is 1.20 bits per heavy atom. The number of rotatable bonds is 4. The van der Waals surface area contributed by atoms with Crippen LogP contribution in [-0.4, -0.2) is 34.3 Å². The molecule has 6 heteroatoms. The summed E-state index contributed by atoms with van der Waals surface area (Å²) in [6.07, 6.45) is 0. The molecule has 0 bridgehead atoms. The van der Waals surface area contributed by atoms with Crippen LogP contribution in [0.3, 0.4) is 0 Å². The highest BCUT2D eigenvalue weighted by Crippen LogP contribution is 2.28. The maximum absolute atomic E-state index is 9.97. The van der Waals surface area contributed by atoms with E-state index in [4.69, 9.17) is 5.84 Å². The van der Waals surface area contributed by atoms with Crippen LogP contribution >= 0.6 is 0 Å². The summed E-state index contributed by atoms with van der Waals surface area (Å²) in [5, 5.41) is 9.97. The van der Waals surface area contributed by atoms with Gasteiger partial charge in [0.05, 0.1) is 5.60 Å². The minimum absolute atomic E-state index is 0.177. The van der Waals surface area contributed by atoms with Crippen LogP contribution in [0.2, 0.25) is 0 Å². The quantitative estimate of drug-likeness (QED) is 0.573. The molecule has 0 saturated heterocycles. The van der Waals surface area contributed by atoms with Crippen LogP contribution < -0.4 is 16.2 Å². The van der Waals surface area contributed by atoms with E-state index in [1.54, 1.807) is 13.8 Å². The van der Waals surface area contributed by atoms with E-state index in [-0.39, 0.29) is 5.41 Å². The summed E-state index contributed by atoms with van der Waals surface area (Å²) in [6.45, 7) is 12.1. The number of aliphatic hydroxyl groups is 1. The van der Waals surface area contributed by atoms with Gasteiger partial charge in [0.15, 0.2) is 0 Å². The highest BCUT2D eigenvalue weighted by atomic mass is 16.3. The number of hydrogen-bond donors (Lipinski definition) is 3. The fraction of sp³-hybridized carbons (Fsp3) is 0.714. The summed E-state index contributed by atoms with van der Waals surface area (Å²) in [4.78, 5) is 11.0. The number of hydrogen-bond acceptors (Lipinski definition) is 6. The van der Waals surface area contributed by atoms with Crippen molar-refractivity contribution in [1.82, 2.24) is 9.97 Å². The zero-order valence-corrected chi connectivity index (χ0v) is 13.6. The molecule has 20 heavy (non-hydrogen) atoms. The van der Waals surface area contributed by atoms with E-state index in [1.807, 2.05) is 18.9 Å². The first-order chi connectivity index (χ1) is 8.95. The van der Waals surface area contributed by atoms with Crippen molar-refractivity contribution in [2.24, 2.45) is 5.84 Å². The third kappa shape index (κ3) is 4.05. The van der Waals surface area contributed by atoms with E-state index in [9.17, 15) is 5.11 Å². The van der Waals surface area contributed by atoms with Gasteiger partial charge < -0.3 is 15.4 Å². The van der Waals surface area contributed by atoms with Crippen LogP contribution in [-0.2, 0) is 5.41 Å². The van der Waals surface area contributed by atoms with Crippen molar-refractivity contribution in [3.05, 3.63) is 11.4 Å². The molecule has 0 aliphatic rings. The van der Waals surface area contributed by atoms with Crippen molar-refractivity contribution in [3.63, 3.8) is 0 Å². The van der Waals surface area contributed by atoms with Gasteiger partial charge in [-0.1, -0.05) is 20.8 Å². The van der Waals surface area contributed by atoms with Crippen molar-refractivity contribution in [2.45, 2.75) is 52.6 Å². The van der Waals surface area contributed by atoms with Crippen LogP contribution in [0.25, 0.3) is 0 Å². The Hall–Kier alpha value is -1.40. The molecule has 114 valence electrons. The summed E-state index contributed by atoms with van der Waals surface area (Å²) in [7, 11) is 1.90. The van der Waals surface area contributed by atoms with Crippen LogP contribution in [0.4, 0.5) is 11.6 Å². The van der Waals surface area contributed by atoms with Crippen LogP contribution in [0, 0.1) is 6.92 Å². The molecular formula is C14H27N5O. The summed E-state index contributed by atoms with van der Waals surface area (Å²) in [5.41, 5.74) is 2.52. The van der Waals surface area contributed by atoms with Crippen LogP contribution in [0.5, 0.6) is 0 Å². The van der Waals surface area contributed by atoms with Gasteiger partial charge in [0, 0.05) is 24.6 Å². The fourth-order valence-corrected chi connectivity index (χ4v) is 2.01. The Bertz CT molecular complexity index is 474. The van der Waals surface area contributed by atoms with Gasteiger partial charge in [-0.25, -0.2) is 15.8 Å². The minimum Gasteiger partial charge on any atom is -0.389 e. The topological polar surface area (TPSA) is 87.3 Å². The monoisotopic (exact) mass is 281 g/mol. The minimum atomic E-state index is -0.801. The fourth-order valence-electron chi connectivity index (χ4n) is 2.01. The van der Waals surface area contributed by atoms with Gasteiger partial charge in [-0.15, -0.1) is 0 Å².